The second-order valence-corrected chi connectivity index (χ2v) is 7.19. The Morgan fingerprint density at radius 1 is 1.22 bits per heavy atom. The fourth-order valence-electron chi connectivity index (χ4n) is 3.20. The fraction of sp³-hybridized carbons (Fsp3) is 0.316. The molecule has 1 aliphatic heterocycles. The lowest BCUT2D eigenvalue weighted by atomic mass is 10.2. The summed E-state index contributed by atoms with van der Waals surface area (Å²) in [6.45, 7) is 4.38. The number of benzene rings is 1. The zero-order valence-electron chi connectivity index (χ0n) is 15.1. The van der Waals surface area contributed by atoms with Crippen molar-refractivity contribution in [3.05, 3.63) is 52.8 Å². The van der Waals surface area contributed by atoms with Crippen LogP contribution in [-0.2, 0) is 6.54 Å². The van der Waals surface area contributed by atoms with Gasteiger partial charge in [-0.15, -0.1) is 0 Å². The topological polar surface area (TPSA) is 77.1 Å². The van der Waals surface area contributed by atoms with Crippen LogP contribution in [0.3, 0.4) is 0 Å². The van der Waals surface area contributed by atoms with Gasteiger partial charge >= 0.3 is 0 Å². The smallest absolute Gasteiger partial charge is 0.272 e. The van der Waals surface area contributed by atoms with Gasteiger partial charge in [-0.25, -0.2) is 4.98 Å². The first-order valence-corrected chi connectivity index (χ1v) is 9.28. The van der Waals surface area contributed by atoms with Gasteiger partial charge in [-0.1, -0.05) is 11.6 Å². The number of carbonyl (C=O) groups excluding carboxylic acids is 1. The lowest BCUT2D eigenvalue weighted by molar-refractivity contribution is 0.0947. The number of likely N-dealkylation sites (N-methyl/N-ethyl adjacent to an activating group) is 1. The summed E-state index contributed by atoms with van der Waals surface area (Å²) in [7, 11) is 2.13. The van der Waals surface area contributed by atoms with Gasteiger partial charge in [-0.2, -0.15) is 5.10 Å². The summed E-state index contributed by atoms with van der Waals surface area (Å²) in [6.07, 6.45) is 1.79. The number of H-pyrrole nitrogens is 1. The molecule has 140 valence electrons. The molecular formula is C19H21ClN6O. The molecule has 0 radical (unpaired) electrons. The highest BCUT2D eigenvalue weighted by Gasteiger charge is 2.17. The van der Waals surface area contributed by atoms with Crippen molar-refractivity contribution in [1.29, 1.82) is 0 Å². The van der Waals surface area contributed by atoms with Crippen LogP contribution in [0.2, 0.25) is 5.02 Å². The quantitative estimate of drug-likeness (QED) is 0.721. The van der Waals surface area contributed by atoms with E-state index in [1.807, 2.05) is 18.2 Å². The summed E-state index contributed by atoms with van der Waals surface area (Å²) in [5, 5.41) is 11.2. The van der Waals surface area contributed by atoms with Gasteiger partial charge < -0.3 is 15.1 Å². The molecule has 0 atom stereocenters. The zero-order chi connectivity index (χ0) is 18.8. The Balaban J connectivity index is 1.44. The number of aromatic nitrogens is 3. The molecule has 4 rings (SSSR count). The van der Waals surface area contributed by atoms with E-state index in [0.717, 1.165) is 43.1 Å². The third-order valence-electron chi connectivity index (χ3n) is 4.83. The normalized spacial score (nSPS) is 15.3. The predicted molar refractivity (Wildman–Crippen MR) is 106 cm³/mol. The number of nitrogens with zero attached hydrogens (tertiary/aromatic N) is 4. The van der Waals surface area contributed by atoms with E-state index < -0.39 is 0 Å². The number of carbonyl (C=O) groups is 1. The molecule has 0 aliphatic carbocycles. The standard InChI is InChI=1S/C19H21ClN6O/c1-25-6-8-26(9-7-25)17-10-13(4-5-21-17)12-22-19(27)18-15-11-14(20)2-3-16(15)23-24-18/h2-5,10-11H,6-9,12H2,1H3,(H,22,27)(H,23,24). The number of pyridine rings is 1. The molecule has 1 fully saturated rings. The molecule has 27 heavy (non-hydrogen) atoms. The number of hydrogen-bond donors (Lipinski definition) is 2. The predicted octanol–water partition coefficient (Wildman–Crippen LogP) is 2.29. The lowest BCUT2D eigenvalue weighted by Crippen LogP contribution is -2.44. The van der Waals surface area contributed by atoms with E-state index in [-0.39, 0.29) is 5.91 Å². The average molecular weight is 385 g/mol. The van der Waals surface area contributed by atoms with E-state index in [1.165, 1.54) is 0 Å². The highest BCUT2D eigenvalue weighted by atomic mass is 35.5. The summed E-state index contributed by atoms with van der Waals surface area (Å²) in [6, 6.07) is 9.27. The Labute approximate surface area is 162 Å². The number of fused-ring (bicyclic) bond motifs is 1. The molecule has 1 aliphatic rings. The van der Waals surface area contributed by atoms with Crippen LogP contribution in [0.15, 0.2) is 36.5 Å². The average Bonchev–Trinajstić information content (AvgIpc) is 3.10. The van der Waals surface area contributed by atoms with Crippen LogP contribution in [0.25, 0.3) is 10.9 Å². The number of amides is 1. The van der Waals surface area contributed by atoms with Gasteiger partial charge in [-0.05, 0) is 42.9 Å². The van der Waals surface area contributed by atoms with Crippen LogP contribution in [0, 0.1) is 0 Å². The second-order valence-electron chi connectivity index (χ2n) is 6.76. The SMILES string of the molecule is CN1CCN(c2cc(CNC(=O)c3n[nH]c4ccc(Cl)cc34)ccn2)CC1. The third-order valence-corrected chi connectivity index (χ3v) is 5.07. The van der Waals surface area contributed by atoms with Crippen molar-refractivity contribution in [2.45, 2.75) is 6.54 Å². The molecule has 2 N–H and O–H groups in total. The fourth-order valence-corrected chi connectivity index (χ4v) is 3.38. The van der Waals surface area contributed by atoms with Crippen molar-refractivity contribution in [3.8, 4) is 0 Å². The molecule has 0 bridgehead atoms. The number of rotatable bonds is 4. The van der Waals surface area contributed by atoms with Gasteiger partial charge in [-0.3, -0.25) is 9.89 Å². The van der Waals surface area contributed by atoms with E-state index in [9.17, 15) is 4.79 Å². The third kappa shape index (κ3) is 3.89. The molecule has 7 nitrogen and oxygen atoms in total. The molecule has 3 heterocycles. The van der Waals surface area contributed by atoms with Crippen LogP contribution in [0.1, 0.15) is 16.1 Å². The summed E-state index contributed by atoms with van der Waals surface area (Å²) >= 11 is 6.04. The first kappa shape index (κ1) is 17.8. The van der Waals surface area contributed by atoms with Gasteiger partial charge in [0.1, 0.15) is 5.82 Å². The number of nitrogens with one attached hydrogen (secondary N) is 2. The molecule has 0 spiro atoms. The Hall–Kier alpha value is -2.64. The van der Waals surface area contributed by atoms with E-state index >= 15 is 0 Å². The Morgan fingerprint density at radius 2 is 2.04 bits per heavy atom. The van der Waals surface area contributed by atoms with Gasteiger partial charge in [0, 0.05) is 49.3 Å². The van der Waals surface area contributed by atoms with Gasteiger partial charge in [0.15, 0.2) is 5.69 Å². The van der Waals surface area contributed by atoms with Gasteiger partial charge in [0.25, 0.3) is 5.91 Å². The zero-order valence-corrected chi connectivity index (χ0v) is 15.8. The van der Waals surface area contributed by atoms with Gasteiger partial charge in [0.2, 0.25) is 0 Å². The number of halogens is 1. The van der Waals surface area contributed by atoms with Crippen molar-refractivity contribution in [1.82, 2.24) is 25.4 Å². The Bertz CT molecular complexity index is 964. The maximum Gasteiger partial charge on any atom is 0.272 e. The van der Waals surface area contributed by atoms with E-state index in [0.29, 0.717) is 22.6 Å². The maximum absolute atomic E-state index is 12.6. The summed E-state index contributed by atoms with van der Waals surface area (Å²) in [4.78, 5) is 21.6. The maximum atomic E-state index is 12.6. The number of anilines is 1. The summed E-state index contributed by atoms with van der Waals surface area (Å²) < 4.78 is 0. The van der Waals surface area contributed by atoms with Crippen LogP contribution < -0.4 is 10.2 Å². The molecule has 1 amide bonds. The molecule has 1 aromatic carbocycles. The van der Waals surface area contributed by atoms with E-state index in [4.69, 9.17) is 11.6 Å². The van der Waals surface area contributed by atoms with Crippen molar-refractivity contribution in [3.63, 3.8) is 0 Å². The number of aromatic amines is 1. The largest absolute Gasteiger partial charge is 0.354 e. The molecule has 0 saturated carbocycles. The minimum atomic E-state index is -0.235. The Morgan fingerprint density at radius 3 is 2.85 bits per heavy atom. The first-order chi connectivity index (χ1) is 13.1. The number of hydrogen-bond acceptors (Lipinski definition) is 5. The van der Waals surface area contributed by atoms with Crippen LogP contribution in [-0.4, -0.2) is 59.2 Å². The van der Waals surface area contributed by atoms with Crippen molar-refractivity contribution >= 4 is 34.2 Å². The van der Waals surface area contributed by atoms with E-state index in [1.54, 1.807) is 18.3 Å². The van der Waals surface area contributed by atoms with E-state index in [2.05, 4.69) is 37.3 Å². The summed E-state index contributed by atoms with van der Waals surface area (Å²) in [5.41, 5.74) is 2.14. The molecule has 2 aromatic heterocycles. The molecule has 1 saturated heterocycles. The van der Waals surface area contributed by atoms with Crippen LogP contribution in [0.5, 0.6) is 0 Å². The first-order valence-electron chi connectivity index (χ1n) is 8.90. The molecule has 8 heteroatoms. The number of piperazine rings is 1. The second kappa shape index (κ2) is 7.54. The minimum absolute atomic E-state index is 0.235. The van der Waals surface area contributed by atoms with Crippen LogP contribution in [0.4, 0.5) is 5.82 Å². The highest BCUT2D eigenvalue weighted by molar-refractivity contribution is 6.31. The lowest BCUT2D eigenvalue weighted by Gasteiger charge is -2.33. The van der Waals surface area contributed by atoms with Crippen molar-refractivity contribution < 1.29 is 4.79 Å². The monoisotopic (exact) mass is 384 g/mol. The molecular weight excluding hydrogens is 364 g/mol. The minimum Gasteiger partial charge on any atom is -0.354 e. The van der Waals surface area contributed by atoms with Crippen molar-refractivity contribution in [2.75, 3.05) is 38.1 Å². The molecule has 0 unspecified atom stereocenters. The Kier molecular flexibility index (Phi) is 4.96. The van der Waals surface area contributed by atoms with Crippen LogP contribution >= 0.6 is 11.6 Å². The van der Waals surface area contributed by atoms with Crippen molar-refractivity contribution in [2.24, 2.45) is 0 Å². The highest BCUT2D eigenvalue weighted by Crippen LogP contribution is 2.21. The molecule has 3 aromatic rings. The van der Waals surface area contributed by atoms with Gasteiger partial charge in [0.05, 0.1) is 5.52 Å². The summed E-state index contributed by atoms with van der Waals surface area (Å²) in [5.74, 6) is 0.716.